The largest absolute Gasteiger partial charge is 0.382 e. The molecule has 1 heterocycles. The van der Waals surface area contributed by atoms with Crippen molar-refractivity contribution < 1.29 is 9.47 Å². The van der Waals surface area contributed by atoms with E-state index in [-0.39, 0.29) is 24.0 Å². The first-order valence-electron chi connectivity index (χ1n) is 8.03. The van der Waals surface area contributed by atoms with Crippen molar-refractivity contribution in [3.05, 3.63) is 0 Å². The topological polar surface area (TPSA) is 58.1 Å². The van der Waals surface area contributed by atoms with Crippen LogP contribution in [0.25, 0.3) is 0 Å². The Bertz CT molecular complexity index is 293. The third-order valence-corrected chi connectivity index (χ3v) is 3.53. The molecule has 1 atom stereocenters. The minimum absolute atomic E-state index is 0. The Kier molecular flexibility index (Phi) is 14.4. The molecule has 0 amide bonds. The summed E-state index contributed by atoms with van der Waals surface area (Å²) >= 11 is 0. The van der Waals surface area contributed by atoms with Crippen LogP contribution in [0.4, 0.5) is 0 Å². The molecule has 22 heavy (non-hydrogen) atoms. The lowest BCUT2D eigenvalue weighted by molar-refractivity contribution is 0.0698. The van der Waals surface area contributed by atoms with Crippen molar-refractivity contribution in [3.63, 3.8) is 0 Å². The summed E-state index contributed by atoms with van der Waals surface area (Å²) in [6.07, 6.45) is 2.23. The number of nitrogens with one attached hydrogen (secondary N) is 2. The number of nitrogens with zero attached hydrogens (tertiary/aromatic N) is 2. The highest BCUT2D eigenvalue weighted by atomic mass is 127. The van der Waals surface area contributed by atoms with Crippen molar-refractivity contribution in [3.8, 4) is 0 Å². The number of methoxy groups -OCH3 is 1. The van der Waals surface area contributed by atoms with Crippen LogP contribution < -0.4 is 10.6 Å². The summed E-state index contributed by atoms with van der Waals surface area (Å²) in [5, 5.41) is 6.65. The van der Waals surface area contributed by atoms with Crippen LogP contribution in [0.3, 0.4) is 0 Å². The molecule has 1 unspecified atom stereocenters. The van der Waals surface area contributed by atoms with Crippen LogP contribution in [0.5, 0.6) is 0 Å². The smallest absolute Gasteiger partial charge is 0.191 e. The van der Waals surface area contributed by atoms with Gasteiger partial charge in [0, 0.05) is 39.9 Å². The second-order valence-electron chi connectivity index (χ2n) is 5.52. The Balaban J connectivity index is 0.00000441. The first kappa shape index (κ1) is 21.9. The lowest BCUT2D eigenvalue weighted by Crippen LogP contribution is -2.38. The predicted octanol–water partition coefficient (Wildman–Crippen LogP) is 1.16. The highest BCUT2D eigenvalue weighted by molar-refractivity contribution is 14.0. The van der Waals surface area contributed by atoms with Crippen LogP contribution >= 0.6 is 24.0 Å². The van der Waals surface area contributed by atoms with Crippen molar-refractivity contribution >= 4 is 29.9 Å². The normalized spacial score (nSPS) is 19.0. The molecule has 1 aliphatic rings. The molecule has 2 N–H and O–H groups in total. The predicted molar refractivity (Wildman–Crippen MR) is 102 cm³/mol. The fourth-order valence-corrected chi connectivity index (χ4v) is 2.36. The van der Waals surface area contributed by atoms with Gasteiger partial charge in [0.05, 0.1) is 13.2 Å². The van der Waals surface area contributed by atoms with Crippen LogP contribution in [-0.4, -0.2) is 77.6 Å². The van der Waals surface area contributed by atoms with E-state index in [1.54, 1.807) is 7.11 Å². The van der Waals surface area contributed by atoms with Gasteiger partial charge < -0.3 is 25.0 Å². The molecule has 1 aliphatic heterocycles. The van der Waals surface area contributed by atoms with Gasteiger partial charge in [0.2, 0.25) is 0 Å². The monoisotopic (exact) mass is 428 g/mol. The number of ether oxygens (including phenoxy) is 2. The van der Waals surface area contributed by atoms with Gasteiger partial charge in [0.25, 0.3) is 0 Å². The van der Waals surface area contributed by atoms with E-state index in [4.69, 9.17) is 9.47 Å². The van der Waals surface area contributed by atoms with Crippen LogP contribution in [-0.2, 0) is 9.47 Å². The van der Waals surface area contributed by atoms with Crippen LogP contribution in [0.15, 0.2) is 4.99 Å². The minimum Gasteiger partial charge on any atom is -0.382 e. The zero-order valence-corrected chi connectivity index (χ0v) is 16.6. The lowest BCUT2D eigenvalue weighted by Gasteiger charge is -2.13. The Hall–Kier alpha value is -0.120. The zero-order valence-electron chi connectivity index (χ0n) is 14.3. The van der Waals surface area contributed by atoms with Gasteiger partial charge in [-0.2, -0.15) is 0 Å². The van der Waals surface area contributed by atoms with E-state index in [0.717, 1.165) is 45.2 Å². The summed E-state index contributed by atoms with van der Waals surface area (Å²) in [6, 6.07) is 0. The molecule has 0 saturated carbocycles. The summed E-state index contributed by atoms with van der Waals surface area (Å²) in [6.45, 7) is 9.21. The van der Waals surface area contributed by atoms with E-state index in [0.29, 0.717) is 19.1 Å². The number of hydrogen-bond donors (Lipinski definition) is 2. The van der Waals surface area contributed by atoms with E-state index in [1.165, 1.54) is 13.0 Å². The molecule has 0 aliphatic carbocycles. The number of guanidine groups is 1. The molecule has 1 rings (SSSR count). The first-order valence-corrected chi connectivity index (χ1v) is 8.03. The molecule has 7 heteroatoms. The van der Waals surface area contributed by atoms with Crippen molar-refractivity contribution in [2.24, 2.45) is 10.9 Å². The molecular formula is C15H33IN4O2. The van der Waals surface area contributed by atoms with Gasteiger partial charge in [-0.05, 0) is 39.3 Å². The van der Waals surface area contributed by atoms with E-state index in [1.807, 2.05) is 0 Å². The van der Waals surface area contributed by atoms with Gasteiger partial charge in [0.1, 0.15) is 0 Å². The summed E-state index contributed by atoms with van der Waals surface area (Å²) in [7, 11) is 3.86. The average molecular weight is 428 g/mol. The van der Waals surface area contributed by atoms with Gasteiger partial charge in [-0.25, -0.2) is 0 Å². The Morgan fingerprint density at radius 3 is 2.73 bits per heavy atom. The minimum atomic E-state index is 0. The van der Waals surface area contributed by atoms with Crippen molar-refractivity contribution in [2.45, 2.75) is 19.8 Å². The van der Waals surface area contributed by atoms with E-state index in [9.17, 15) is 0 Å². The van der Waals surface area contributed by atoms with E-state index in [2.05, 4.69) is 34.5 Å². The Labute approximate surface area is 152 Å². The van der Waals surface area contributed by atoms with Crippen molar-refractivity contribution in [1.82, 2.24) is 15.5 Å². The van der Waals surface area contributed by atoms with E-state index < -0.39 is 0 Å². The SMILES string of the molecule is CCNC(=NCC1CCN(C)C1)NCCCOCCOC.I. The van der Waals surface area contributed by atoms with Gasteiger partial charge in [-0.3, -0.25) is 4.99 Å². The van der Waals surface area contributed by atoms with Crippen LogP contribution in [0.2, 0.25) is 0 Å². The van der Waals surface area contributed by atoms with Crippen LogP contribution in [0.1, 0.15) is 19.8 Å². The third kappa shape index (κ3) is 10.6. The van der Waals surface area contributed by atoms with Gasteiger partial charge >= 0.3 is 0 Å². The van der Waals surface area contributed by atoms with Crippen molar-refractivity contribution in [2.75, 3.05) is 66.7 Å². The number of likely N-dealkylation sites (tertiary alicyclic amines) is 1. The maximum Gasteiger partial charge on any atom is 0.191 e. The second-order valence-corrected chi connectivity index (χ2v) is 5.52. The molecule has 1 fully saturated rings. The summed E-state index contributed by atoms with van der Waals surface area (Å²) in [4.78, 5) is 7.06. The first-order chi connectivity index (χ1) is 10.3. The molecule has 1 saturated heterocycles. The van der Waals surface area contributed by atoms with Gasteiger partial charge in [-0.1, -0.05) is 0 Å². The maximum absolute atomic E-state index is 5.44. The molecule has 132 valence electrons. The van der Waals surface area contributed by atoms with Crippen molar-refractivity contribution in [1.29, 1.82) is 0 Å². The van der Waals surface area contributed by atoms with Crippen LogP contribution in [0, 0.1) is 5.92 Å². The zero-order chi connectivity index (χ0) is 15.3. The molecule has 0 radical (unpaired) electrons. The molecule has 0 bridgehead atoms. The summed E-state index contributed by atoms with van der Waals surface area (Å²) in [5.74, 6) is 1.62. The number of halogens is 1. The summed E-state index contributed by atoms with van der Waals surface area (Å²) < 4.78 is 10.4. The Morgan fingerprint density at radius 1 is 1.27 bits per heavy atom. The Morgan fingerprint density at radius 2 is 2.09 bits per heavy atom. The summed E-state index contributed by atoms with van der Waals surface area (Å²) in [5.41, 5.74) is 0. The lowest BCUT2D eigenvalue weighted by atomic mass is 10.1. The third-order valence-electron chi connectivity index (χ3n) is 3.53. The number of rotatable bonds is 10. The maximum atomic E-state index is 5.44. The highest BCUT2D eigenvalue weighted by Gasteiger charge is 2.18. The highest BCUT2D eigenvalue weighted by Crippen LogP contribution is 2.13. The average Bonchev–Trinajstić information content (AvgIpc) is 2.89. The fraction of sp³-hybridized carbons (Fsp3) is 0.933. The molecule has 0 aromatic rings. The molecule has 6 nitrogen and oxygen atoms in total. The second kappa shape index (κ2) is 14.5. The van der Waals surface area contributed by atoms with Gasteiger partial charge in [-0.15, -0.1) is 24.0 Å². The molecular weight excluding hydrogens is 395 g/mol. The number of hydrogen-bond acceptors (Lipinski definition) is 4. The van der Waals surface area contributed by atoms with Gasteiger partial charge in [0.15, 0.2) is 5.96 Å². The molecule has 0 aromatic carbocycles. The standard InChI is InChI=1S/C15H32N4O2.HI/c1-4-16-15(17-7-5-9-21-11-10-20-3)18-12-14-6-8-19(2)13-14;/h14H,4-13H2,1-3H3,(H2,16,17,18);1H. The quantitative estimate of drug-likeness (QED) is 0.237. The number of aliphatic imine (C=N–C) groups is 1. The molecule has 0 spiro atoms. The van der Waals surface area contributed by atoms with E-state index >= 15 is 0 Å². The fourth-order valence-electron chi connectivity index (χ4n) is 2.36. The molecule has 0 aromatic heterocycles.